The molecule has 0 spiro atoms. The number of halogens is 1. The summed E-state index contributed by atoms with van der Waals surface area (Å²) < 4.78 is 5.74. The standard InChI is InChI=1S/C15H16INO/c1-13(17-2)15-9-7-14(8-10-15)6-4-3-5-11-18-12-16/h7-10,13,17H,11-12H2,1-2H3. The lowest BCUT2D eigenvalue weighted by Crippen LogP contribution is -2.11. The first-order chi connectivity index (χ1) is 8.77. The van der Waals surface area contributed by atoms with E-state index in [0.29, 0.717) is 17.3 Å². The molecule has 94 valence electrons. The molecule has 1 aromatic carbocycles. The van der Waals surface area contributed by atoms with E-state index in [1.807, 2.05) is 19.2 Å². The highest BCUT2D eigenvalue weighted by molar-refractivity contribution is 14.1. The van der Waals surface area contributed by atoms with Gasteiger partial charge in [-0.3, -0.25) is 0 Å². The monoisotopic (exact) mass is 353 g/mol. The highest BCUT2D eigenvalue weighted by atomic mass is 127. The molecule has 0 aliphatic heterocycles. The Bertz CT molecular complexity index is 473. The topological polar surface area (TPSA) is 21.3 Å². The second-order valence-electron chi connectivity index (χ2n) is 3.64. The van der Waals surface area contributed by atoms with Crippen LogP contribution in [0.1, 0.15) is 24.1 Å². The van der Waals surface area contributed by atoms with Crippen LogP contribution in [-0.2, 0) is 4.74 Å². The van der Waals surface area contributed by atoms with Crippen LogP contribution in [0, 0.1) is 23.7 Å². The fourth-order valence-corrected chi connectivity index (χ4v) is 1.52. The zero-order valence-electron chi connectivity index (χ0n) is 10.6. The average Bonchev–Trinajstić information content (AvgIpc) is 2.42. The van der Waals surface area contributed by atoms with Crippen LogP contribution >= 0.6 is 22.6 Å². The lowest BCUT2D eigenvalue weighted by molar-refractivity contribution is 0.231. The molecule has 0 aromatic heterocycles. The summed E-state index contributed by atoms with van der Waals surface area (Å²) in [6, 6.07) is 8.55. The lowest BCUT2D eigenvalue weighted by Gasteiger charge is -2.09. The quantitative estimate of drug-likeness (QED) is 0.389. The fourth-order valence-electron chi connectivity index (χ4n) is 1.30. The van der Waals surface area contributed by atoms with Gasteiger partial charge in [0.1, 0.15) is 6.61 Å². The van der Waals surface area contributed by atoms with Gasteiger partial charge in [0.25, 0.3) is 0 Å². The minimum absolute atomic E-state index is 0.359. The van der Waals surface area contributed by atoms with E-state index in [1.54, 1.807) is 0 Å². The van der Waals surface area contributed by atoms with Gasteiger partial charge in [-0.25, -0.2) is 0 Å². The van der Waals surface area contributed by atoms with Crippen molar-refractivity contribution in [2.24, 2.45) is 0 Å². The second-order valence-corrected chi connectivity index (χ2v) is 4.26. The van der Waals surface area contributed by atoms with E-state index in [1.165, 1.54) is 5.56 Å². The Kier molecular flexibility index (Phi) is 7.52. The number of rotatable bonds is 4. The van der Waals surface area contributed by atoms with Gasteiger partial charge in [-0.2, -0.15) is 0 Å². The molecule has 0 saturated carbocycles. The zero-order valence-corrected chi connectivity index (χ0v) is 12.7. The van der Waals surface area contributed by atoms with Gasteiger partial charge in [-0.1, -0.05) is 46.6 Å². The third kappa shape index (κ3) is 5.55. The predicted octanol–water partition coefficient (Wildman–Crippen LogP) is 2.73. The first-order valence-electron chi connectivity index (χ1n) is 5.67. The smallest absolute Gasteiger partial charge is 0.109 e. The van der Waals surface area contributed by atoms with Gasteiger partial charge in [0.05, 0.1) is 4.61 Å². The van der Waals surface area contributed by atoms with E-state index >= 15 is 0 Å². The molecule has 2 nitrogen and oxygen atoms in total. The lowest BCUT2D eigenvalue weighted by atomic mass is 10.1. The van der Waals surface area contributed by atoms with Crippen molar-refractivity contribution in [3.63, 3.8) is 0 Å². The van der Waals surface area contributed by atoms with E-state index < -0.39 is 0 Å². The average molecular weight is 353 g/mol. The maximum absolute atomic E-state index is 5.08. The SMILES string of the molecule is CNC(C)c1ccc(C#CC#CCOCI)cc1. The largest absolute Gasteiger partial charge is 0.358 e. The Labute approximate surface area is 123 Å². The summed E-state index contributed by atoms with van der Waals surface area (Å²) in [6.45, 7) is 2.56. The highest BCUT2D eigenvalue weighted by Crippen LogP contribution is 2.11. The van der Waals surface area contributed by atoms with Gasteiger partial charge in [0.15, 0.2) is 0 Å². The summed E-state index contributed by atoms with van der Waals surface area (Å²) in [7, 11) is 1.95. The molecule has 0 saturated heterocycles. The second kappa shape index (κ2) is 8.99. The van der Waals surface area contributed by atoms with Crippen LogP contribution in [0.15, 0.2) is 24.3 Å². The maximum atomic E-state index is 5.08. The van der Waals surface area contributed by atoms with Crippen molar-refractivity contribution >= 4 is 22.6 Å². The third-order valence-corrected chi connectivity index (χ3v) is 2.89. The van der Waals surface area contributed by atoms with Gasteiger partial charge in [0.2, 0.25) is 0 Å². The molecule has 3 heteroatoms. The normalized spacial score (nSPS) is 10.8. The van der Waals surface area contributed by atoms with Gasteiger partial charge >= 0.3 is 0 Å². The van der Waals surface area contributed by atoms with E-state index in [9.17, 15) is 0 Å². The Morgan fingerprint density at radius 2 is 2.00 bits per heavy atom. The van der Waals surface area contributed by atoms with Crippen LogP contribution in [0.4, 0.5) is 0 Å². The Morgan fingerprint density at radius 1 is 1.28 bits per heavy atom. The minimum atomic E-state index is 0.359. The van der Waals surface area contributed by atoms with Gasteiger partial charge in [0, 0.05) is 11.6 Å². The molecule has 1 rings (SSSR count). The number of benzene rings is 1. The van der Waals surface area contributed by atoms with Crippen LogP contribution in [0.5, 0.6) is 0 Å². The maximum Gasteiger partial charge on any atom is 0.109 e. The Hall–Kier alpha value is -1.01. The third-order valence-electron chi connectivity index (χ3n) is 2.45. The van der Waals surface area contributed by atoms with E-state index in [4.69, 9.17) is 4.74 Å². The number of hydrogen-bond acceptors (Lipinski definition) is 2. The van der Waals surface area contributed by atoms with Crippen molar-refractivity contribution in [3.05, 3.63) is 35.4 Å². The number of nitrogens with one attached hydrogen (secondary N) is 1. The molecule has 1 aromatic rings. The highest BCUT2D eigenvalue weighted by Gasteiger charge is 2.00. The Morgan fingerprint density at radius 3 is 2.61 bits per heavy atom. The molecular weight excluding hydrogens is 337 g/mol. The minimum Gasteiger partial charge on any atom is -0.358 e. The van der Waals surface area contributed by atoms with Crippen LogP contribution in [0.25, 0.3) is 0 Å². The molecule has 0 heterocycles. The van der Waals surface area contributed by atoms with Crippen LogP contribution < -0.4 is 5.32 Å². The van der Waals surface area contributed by atoms with Crippen molar-refractivity contribution in [1.29, 1.82) is 0 Å². The molecule has 0 radical (unpaired) electrons. The summed E-state index contributed by atoms with van der Waals surface area (Å²) in [5, 5.41) is 3.20. The number of ether oxygens (including phenoxy) is 1. The predicted molar refractivity (Wildman–Crippen MR) is 83.4 cm³/mol. The fraction of sp³-hybridized carbons (Fsp3) is 0.333. The van der Waals surface area contributed by atoms with Crippen molar-refractivity contribution < 1.29 is 4.74 Å². The first-order valence-corrected chi connectivity index (χ1v) is 7.20. The summed E-state index contributed by atoms with van der Waals surface area (Å²) in [5.41, 5.74) is 2.23. The van der Waals surface area contributed by atoms with E-state index in [0.717, 1.165) is 5.56 Å². The summed E-state index contributed by atoms with van der Waals surface area (Å²) >= 11 is 2.14. The molecule has 0 amide bonds. The molecule has 1 N–H and O–H groups in total. The molecule has 18 heavy (non-hydrogen) atoms. The van der Waals surface area contributed by atoms with Gasteiger partial charge in [-0.15, -0.1) is 0 Å². The molecule has 1 atom stereocenters. The van der Waals surface area contributed by atoms with Crippen LogP contribution in [0.2, 0.25) is 0 Å². The molecule has 0 aliphatic carbocycles. The van der Waals surface area contributed by atoms with E-state index in [2.05, 4.69) is 70.6 Å². The van der Waals surface area contributed by atoms with Crippen LogP contribution in [-0.4, -0.2) is 18.3 Å². The number of hydrogen-bond donors (Lipinski definition) is 1. The molecule has 0 fully saturated rings. The zero-order chi connectivity index (χ0) is 13.2. The Balaban J connectivity index is 2.58. The summed E-state index contributed by atoms with van der Waals surface area (Å²) in [4.78, 5) is 0. The molecular formula is C15H16INO. The molecule has 0 aliphatic rings. The van der Waals surface area contributed by atoms with Gasteiger partial charge < -0.3 is 10.1 Å². The van der Waals surface area contributed by atoms with Crippen molar-refractivity contribution in [3.8, 4) is 23.7 Å². The summed E-state index contributed by atoms with van der Waals surface area (Å²) in [6.07, 6.45) is 0. The first kappa shape index (κ1) is 15.0. The number of alkyl halides is 1. The summed E-state index contributed by atoms with van der Waals surface area (Å²) in [5.74, 6) is 11.4. The van der Waals surface area contributed by atoms with Crippen molar-refractivity contribution in [1.82, 2.24) is 5.32 Å². The van der Waals surface area contributed by atoms with Crippen molar-refractivity contribution in [2.75, 3.05) is 18.3 Å². The van der Waals surface area contributed by atoms with Crippen molar-refractivity contribution in [2.45, 2.75) is 13.0 Å². The van der Waals surface area contributed by atoms with E-state index in [-0.39, 0.29) is 0 Å². The van der Waals surface area contributed by atoms with Crippen LogP contribution in [0.3, 0.4) is 0 Å². The van der Waals surface area contributed by atoms with Gasteiger partial charge in [-0.05, 0) is 43.5 Å². The molecule has 0 bridgehead atoms. The molecule has 1 unspecified atom stereocenters.